The van der Waals surface area contributed by atoms with Gasteiger partial charge in [0.1, 0.15) is 29.6 Å². The van der Waals surface area contributed by atoms with Crippen molar-refractivity contribution < 1.29 is 38.4 Å². The van der Waals surface area contributed by atoms with Crippen LogP contribution in [-0.2, 0) is 27.5 Å². The van der Waals surface area contributed by atoms with Crippen LogP contribution < -0.4 is 19.1 Å². The number of nitrogens with zero attached hydrogens (tertiary/aromatic N) is 2. The Hall–Kier alpha value is -5.94. The van der Waals surface area contributed by atoms with E-state index in [2.05, 4.69) is 4.98 Å². The summed E-state index contributed by atoms with van der Waals surface area (Å²) in [7, 11) is 2.74. The third kappa shape index (κ3) is 6.81. The quantitative estimate of drug-likeness (QED) is 0.0656. The number of ether oxygens (including phenoxy) is 4. The van der Waals surface area contributed by atoms with Gasteiger partial charge in [-0.3, -0.25) is 14.5 Å². The van der Waals surface area contributed by atoms with Crippen molar-refractivity contribution in [3.05, 3.63) is 141 Å². The summed E-state index contributed by atoms with van der Waals surface area (Å²) in [6.45, 7) is 4.27. The lowest BCUT2D eigenvalue weighted by molar-refractivity contribution is -0.132. The van der Waals surface area contributed by atoms with Crippen LogP contribution in [0.15, 0.2) is 103 Å². The maximum atomic E-state index is 13.8. The summed E-state index contributed by atoms with van der Waals surface area (Å²) >= 11 is 0.919. The second-order valence-electron chi connectivity index (χ2n) is 11.5. The summed E-state index contributed by atoms with van der Waals surface area (Å²) in [5.74, 6) is -1.48. The van der Waals surface area contributed by atoms with E-state index in [1.54, 1.807) is 49.4 Å². The molecule has 2 heterocycles. The third-order valence-electron chi connectivity index (χ3n) is 8.33. The largest absolute Gasteiger partial charge is 0.507 e. The molecular formula is C39H34N2O8S. The van der Waals surface area contributed by atoms with Gasteiger partial charge >= 0.3 is 11.9 Å². The number of aliphatic hydroxyl groups is 1. The molecule has 0 saturated carbocycles. The van der Waals surface area contributed by atoms with E-state index < -0.39 is 23.7 Å². The fourth-order valence-corrected chi connectivity index (χ4v) is 6.63. The number of carbonyl (C=O) groups excluding carboxylic acids is 3. The first-order valence-corrected chi connectivity index (χ1v) is 16.5. The van der Waals surface area contributed by atoms with Crippen molar-refractivity contribution >= 4 is 39.9 Å². The van der Waals surface area contributed by atoms with Crippen molar-refractivity contribution in [3.8, 4) is 17.2 Å². The zero-order valence-corrected chi connectivity index (χ0v) is 28.7. The van der Waals surface area contributed by atoms with Crippen LogP contribution in [0, 0.1) is 13.8 Å². The van der Waals surface area contributed by atoms with Gasteiger partial charge in [0.15, 0.2) is 16.6 Å². The Kier molecular flexibility index (Phi) is 9.96. The van der Waals surface area contributed by atoms with E-state index in [0.717, 1.165) is 28.0 Å². The van der Waals surface area contributed by atoms with Gasteiger partial charge < -0.3 is 24.1 Å². The Labute approximate surface area is 293 Å². The average molecular weight is 691 g/mol. The van der Waals surface area contributed by atoms with E-state index >= 15 is 0 Å². The number of amides is 1. The molecule has 0 spiro atoms. The van der Waals surface area contributed by atoms with Crippen molar-refractivity contribution in [1.82, 2.24) is 4.98 Å². The van der Waals surface area contributed by atoms with Crippen LogP contribution in [0.1, 0.15) is 49.2 Å². The minimum Gasteiger partial charge on any atom is -0.507 e. The molecule has 254 valence electrons. The van der Waals surface area contributed by atoms with Crippen molar-refractivity contribution in [1.29, 1.82) is 0 Å². The molecule has 10 nitrogen and oxygen atoms in total. The van der Waals surface area contributed by atoms with Crippen LogP contribution in [0.25, 0.3) is 5.76 Å². The predicted molar refractivity (Wildman–Crippen MR) is 189 cm³/mol. The number of carbonyl (C=O) groups is 3. The van der Waals surface area contributed by atoms with Crippen LogP contribution in [0.5, 0.6) is 17.2 Å². The first-order valence-electron chi connectivity index (χ1n) is 15.7. The molecule has 11 heteroatoms. The van der Waals surface area contributed by atoms with Gasteiger partial charge in [0.25, 0.3) is 5.78 Å². The summed E-state index contributed by atoms with van der Waals surface area (Å²) in [6, 6.07) is 28.1. The molecule has 1 aliphatic heterocycles. The van der Waals surface area contributed by atoms with Crippen LogP contribution in [0.4, 0.5) is 5.13 Å². The molecule has 1 fully saturated rings. The molecular weight excluding hydrogens is 657 g/mol. The van der Waals surface area contributed by atoms with Crippen LogP contribution in [0.2, 0.25) is 0 Å². The maximum absolute atomic E-state index is 13.8. The minimum absolute atomic E-state index is 0.0948. The Morgan fingerprint density at radius 3 is 2.28 bits per heavy atom. The second-order valence-corrected chi connectivity index (χ2v) is 12.5. The van der Waals surface area contributed by atoms with E-state index in [4.69, 9.17) is 18.9 Å². The highest BCUT2D eigenvalue weighted by molar-refractivity contribution is 7.17. The first-order chi connectivity index (χ1) is 24.2. The number of aromatic nitrogens is 1. The number of hydrogen-bond acceptors (Lipinski definition) is 10. The highest BCUT2D eigenvalue weighted by Gasteiger charge is 2.48. The van der Waals surface area contributed by atoms with Crippen molar-refractivity contribution in [2.24, 2.45) is 0 Å². The average Bonchev–Trinajstić information content (AvgIpc) is 3.65. The van der Waals surface area contributed by atoms with Gasteiger partial charge in [0, 0.05) is 5.56 Å². The van der Waals surface area contributed by atoms with Gasteiger partial charge in [0.2, 0.25) is 0 Å². The lowest BCUT2D eigenvalue weighted by Gasteiger charge is -2.24. The third-order valence-corrected chi connectivity index (χ3v) is 9.47. The topological polar surface area (TPSA) is 124 Å². The fourth-order valence-electron chi connectivity index (χ4n) is 5.62. The molecule has 1 N–H and O–H groups in total. The molecule has 1 aliphatic rings. The Balaban J connectivity index is 1.39. The molecule has 0 aliphatic carbocycles. The molecule has 1 unspecified atom stereocenters. The molecule has 0 bridgehead atoms. The van der Waals surface area contributed by atoms with Gasteiger partial charge in [-0.25, -0.2) is 9.78 Å². The SMILES string of the molecule is COC(=O)c1sc(N2C(=O)C(=O)/C(=C(/O)c3ccc(OCc4ccccc4C)cc3)C2c2ccc(OCc3ccccc3)c(OC)c2)nc1C. The Morgan fingerprint density at radius 1 is 0.860 bits per heavy atom. The zero-order valence-electron chi connectivity index (χ0n) is 27.8. The number of rotatable bonds is 11. The van der Waals surface area contributed by atoms with Gasteiger partial charge in [-0.15, -0.1) is 0 Å². The van der Waals surface area contributed by atoms with Gasteiger partial charge in [-0.05, 0) is 72.5 Å². The minimum atomic E-state index is -1.12. The summed E-state index contributed by atoms with van der Waals surface area (Å²) in [5.41, 5.74) is 4.03. The molecule has 1 saturated heterocycles. The summed E-state index contributed by atoms with van der Waals surface area (Å²) < 4.78 is 22.6. The monoisotopic (exact) mass is 690 g/mol. The Bertz CT molecular complexity index is 2090. The molecule has 0 radical (unpaired) electrons. The Morgan fingerprint density at radius 2 is 1.58 bits per heavy atom. The predicted octanol–water partition coefficient (Wildman–Crippen LogP) is 7.34. The number of benzene rings is 4. The number of aliphatic hydroxyl groups excluding tert-OH is 1. The number of methoxy groups -OCH3 is 2. The molecule has 1 amide bonds. The standard InChI is InChI=1S/C39H34N2O8S/c1-23-10-8-9-13-28(23)22-48-29-17-14-26(15-18-29)34(42)32-33(41(37(44)35(32)43)39-40-24(2)36(50-39)38(45)47-4)27-16-19-30(31(20-27)46-3)49-21-25-11-6-5-7-12-25/h5-20,33,42H,21-22H2,1-4H3/b34-32+. The second kappa shape index (κ2) is 14.7. The van der Waals surface area contributed by atoms with E-state index in [1.807, 2.05) is 61.5 Å². The molecule has 1 atom stereocenters. The lowest BCUT2D eigenvalue weighted by atomic mass is 9.95. The van der Waals surface area contributed by atoms with E-state index in [0.29, 0.717) is 40.7 Å². The van der Waals surface area contributed by atoms with Gasteiger partial charge in [0.05, 0.1) is 31.5 Å². The summed E-state index contributed by atoms with van der Waals surface area (Å²) in [5, 5.41) is 11.8. The number of thiazole rings is 1. The van der Waals surface area contributed by atoms with Crippen LogP contribution >= 0.6 is 11.3 Å². The van der Waals surface area contributed by atoms with E-state index in [-0.39, 0.29) is 27.9 Å². The van der Waals surface area contributed by atoms with Gasteiger partial charge in [-0.1, -0.05) is 72.0 Å². The molecule has 5 aromatic rings. The van der Waals surface area contributed by atoms with Crippen LogP contribution in [0.3, 0.4) is 0 Å². The molecule has 1 aromatic heterocycles. The van der Waals surface area contributed by atoms with Crippen molar-refractivity contribution in [3.63, 3.8) is 0 Å². The smallest absolute Gasteiger partial charge is 0.350 e. The normalized spacial score (nSPS) is 15.2. The summed E-state index contributed by atoms with van der Waals surface area (Å²) in [6.07, 6.45) is 0. The van der Waals surface area contributed by atoms with Crippen molar-refractivity contribution in [2.45, 2.75) is 33.1 Å². The lowest BCUT2D eigenvalue weighted by Crippen LogP contribution is -2.29. The number of esters is 1. The van der Waals surface area contributed by atoms with Gasteiger partial charge in [-0.2, -0.15) is 0 Å². The first kappa shape index (κ1) is 33.9. The van der Waals surface area contributed by atoms with Crippen molar-refractivity contribution in [2.75, 3.05) is 19.1 Å². The van der Waals surface area contributed by atoms with E-state index in [1.165, 1.54) is 19.1 Å². The maximum Gasteiger partial charge on any atom is 0.350 e. The highest BCUT2D eigenvalue weighted by Crippen LogP contribution is 2.45. The number of anilines is 1. The number of ketones is 1. The molecule has 50 heavy (non-hydrogen) atoms. The number of Topliss-reactive ketones (excluding diaryl/α,β-unsaturated/α-hetero) is 1. The number of hydrogen-bond donors (Lipinski definition) is 1. The summed E-state index contributed by atoms with van der Waals surface area (Å²) in [4.78, 5) is 45.9. The number of aryl methyl sites for hydroxylation is 2. The van der Waals surface area contributed by atoms with E-state index in [9.17, 15) is 19.5 Å². The van der Waals surface area contributed by atoms with Crippen LogP contribution in [-0.4, -0.2) is 42.0 Å². The fraction of sp³-hybridized carbons (Fsp3) is 0.179. The molecule has 6 rings (SSSR count). The zero-order chi connectivity index (χ0) is 35.4. The molecule has 4 aromatic carbocycles. The highest BCUT2D eigenvalue weighted by atomic mass is 32.1.